The second-order valence-electron chi connectivity index (χ2n) is 1.87. The van der Waals surface area contributed by atoms with Gasteiger partial charge in [-0.25, -0.2) is 0 Å². The molecular formula is C5H12ClNO2. The van der Waals surface area contributed by atoms with Crippen LogP contribution in [0.5, 0.6) is 0 Å². The zero-order chi connectivity index (χ0) is 7.86. The zero-order valence-corrected chi connectivity index (χ0v) is 6.64. The number of halogens is 1. The van der Waals surface area contributed by atoms with Gasteiger partial charge in [0.05, 0.1) is 0 Å². The maximum Gasteiger partial charge on any atom is 0.318 e. The van der Waals surface area contributed by atoms with Crippen LogP contribution in [0, 0.1) is 0 Å². The minimum Gasteiger partial charge on any atom is -0.480 e. The van der Waals surface area contributed by atoms with Crippen LogP contribution >= 0.6 is 11.6 Å². The highest BCUT2D eigenvalue weighted by atomic mass is 35.5. The van der Waals surface area contributed by atoms with Crippen LogP contribution in [0.3, 0.4) is 0 Å². The lowest BCUT2D eigenvalue weighted by molar-refractivity contribution is -0.134. The molecule has 0 unspecified atom stereocenters. The summed E-state index contributed by atoms with van der Waals surface area (Å²) in [4.78, 5) is 11.2. The maximum atomic E-state index is 9.24. The van der Waals surface area contributed by atoms with Crippen LogP contribution < -0.4 is 0 Å². The van der Waals surface area contributed by atoms with Crippen molar-refractivity contribution < 1.29 is 9.90 Å². The van der Waals surface area contributed by atoms with Crippen molar-refractivity contribution in [2.24, 2.45) is 0 Å². The summed E-state index contributed by atoms with van der Waals surface area (Å²) in [5, 5.41) is 7.59. The SMILES string of the molecule is CN(C)C.O=C(O)CCl. The fourth-order valence-electron chi connectivity index (χ4n) is 0. The Morgan fingerprint density at radius 1 is 1.56 bits per heavy atom. The Labute approximate surface area is 60.2 Å². The largest absolute Gasteiger partial charge is 0.480 e. The molecule has 0 aliphatic heterocycles. The molecule has 0 aromatic heterocycles. The zero-order valence-electron chi connectivity index (χ0n) is 5.89. The fraction of sp³-hybridized carbons (Fsp3) is 0.800. The van der Waals surface area contributed by atoms with E-state index in [1.165, 1.54) is 0 Å². The van der Waals surface area contributed by atoms with E-state index in [1.54, 1.807) is 0 Å². The Hall–Kier alpha value is -0.280. The molecule has 0 fully saturated rings. The van der Waals surface area contributed by atoms with Gasteiger partial charge in [0.2, 0.25) is 0 Å². The van der Waals surface area contributed by atoms with Crippen LogP contribution in [-0.2, 0) is 4.79 Å². The number of carbonyl (C=O) groups is 1. The van der Waals surface area contributed by atoms with Crippen molar-refractivity contribution in [3.05, 3.63) is 0 Å². The Balaban J connectivity index is 0. The Morgan fingerprint density at radius 3 is 1.67 bits per heavy atom. The molecule has 56 valence electrons. The molecule has 0 aliphatic rings. The van der Waals surface area contributed by atoms with Crippen LogP contribution in [0.25, 0.3) is 0 Å². The number of rotatable bonds is 1. The maximum absolute atomic E-state index is 9.24. The summed E-state index contributed by atoms with van der Waals surface area (Å²) in [6.45, 7) is 0. The van der Waals surface area contributed by atoms with E-state index >= 15 is 0 Å². The monoisotopic (exact) mass is 153 g/mol. The number of carboxylic acids is 1. The highest BCUT2D eigenvalue weighted by molar-refractivity contribution is 6.26. The fourth-order valence-corrected chi connectivity index (χ4v) is 0. The van der Waals surface area contributed by atoms with Crippen LogP contribution in [0.1, 0.15) is 0 Å². The molecule has 0 amide bonds. The summed E-state index contributed by atoms with van der Waals surface area (Å²) in [5.74, 6) is -1.29. The first-order valence-electron chi connectivity index (χ1n) is 2.39. The number of nitrogens with zero attached hydrogens (tertiary/aromatic N) is 1. The topological polar surface area (TPSA) is 40.5 Å². The van der Waals surface area contributed by atoms with E-state index in [-0.39, 0.29) is 5.88 Å². The summed E-state index contributed by atoms with van der Waals surface area (Å²) in [6.07, 6.45) is 0. The van der Waals surface area contributed by atoms with Gasteiger partial charge in [-0.05, 0) is 21.1 Å². The smallest absolute Gasteiger partial charge is 0.318 e. The normalized spacial score (nSPS) is 8.11. The number of aliphatic carboxylic acids is 1. The van der Waals surface area contributed by atoms with Crippen molar-refractivity contribution >= 4 is 17.6 Å². The molecule has 0 saturated carbocycles. The molecule has 9 heavy (non-hydrogen) atoms. The predicted octanol–water partition coefficient (Wildman–Crippen LogP) is 0.488. The van der Waals surface area contributed by atoms with Crippen LogP contribution in [0.2, 0.25) is 0 Å². The number of hydrogen-bond acceptors (Lipinski definition) is 2. The average Bonchev–Trinajstić information content (AvgIpc) is 1.65. The molecule has 0 bridgehead atoms. The third-order valence-electron chi connectivity index (χ3n) is 0.114. The van der Waals surface area contributed by atoms with E-state index in [0.717, 1.165) is 0 Å². The molecule has 4 heteroatoms. The quantitative estimate of drug-likeness (QED) is 0.558. The third-order valence-corrected chi connectivity index (χ3v) is 0.343. The summed E-state index contributed by atoms with van der Waals surface area (Å²) < 4.78 is 0. The van der Waals surface area contributed by atoms with Gasteiger partial charge in [-0.1, -0.05) is 0 Å². The molecule has 0 radical (unpaired) electrons. The molecule has 0 saturated heterocycles. The summed E-state index contributed by atoms with van der Waals surface area (Å²) in [6, 6.07) is 0. The second kappa shape index (κ2) is 7.72. The lowest BCUT2D eigenvalue weighted by Gasteiger charge is -1.90. The molecule has 3 nitrogen and oxygen atoms in total. The van der Waals surface area contributed by atoms with Crippen molar-refractivity contribution in [1.29, 1.82) is 0 Å². The van der Waals surface area contributed by atoms with Crippen molar-refractivity contribution in [3.63, 3.8) is 0 Å². The average molecular weight is 154 g/mol. The van der Waals surface area contributed by atoms with E-state index < -0.39 is 5.97 Å². The minimum atomic E-state index is -0.980. The van der Waals surface area contributed by atoms with Crippen LogP contribution in [0.4, 0.5) is 0 Å². The van der Waals surface area contributed by atoms with Gasteiger partial charge in [-0.3, -0.25) is 4.79 Å². The van der Waals surface area contributed by atoms with Gasteiger partial charge in [0.1, 0.15) is 5.88 Å². The van der Waals surface area contributed by atoms with Gasteiger partial charge >= 0.3 is 5.97 Å². The first-order valence-corrected chi connectivity index (χ1v) is 2.92. The molecule has 0 atom stereocenters. The predicted molar refractivity (Wildman–Crippen MR) is 38.0 cm³/mol. The third kappa shape index (κ3) is 85.4. The van der Waals surface area contributed by atoms with E-state index in [2.05, 4.69) is 0 Å². The molecule has 0 aromatic rings. The van der Waals surface area contributed by atoms with E-state index in [9.17, 15) is 4.79 Å². The van der Waals surface area contributed by atoms with Crippen LogP contribution in [0.15, 0.2) is 0 Å². The van der Waals surface area contributed by atoms with Gasteiger partial charge in [0.25, 0.3) is 0 Å². The Bertz CT molecular complexity index is 72.6. The minimum absolute atomic E-state index is 0.306. The highest BCUT2D eigenvalue weighted by Crippen LogP contribution is 1.67. The number of hydrogen-bond donors (Lipinski definition) is 1. The Kier molecular flexibility index (Phi) is 9.87. The molecule has 0 aromatic carbocycles. The molecule has 1 N–H and O–H groups in total. The number of carboxylic acid groups (broad SMARTS) is 1. The second-order valence-corrected chi connectivity index (χ2v) is 2.14. The van der Waals surface area contributed by atoms with E-state index in [1.807, 2.05) is 26.0 Å². The molecular weight excluding hydrogens is 142 g/mol. The van der Waals surface area contributed by atoms with Crippen LogP contribution in [-0.4, -0.2) is 43.0 Å². The van der Waals surface area contributed by atoms with Gasteiger partial charge in [-0.15, -0.1) is 11.6 Å². The summed E-state index contributed by atoms with van der Waals surface area (Å²) in [5.41, 5.74) is 0. The van der Waals surface area contributed by atoms with Crippen molar-refractivity contribution in [2.75, 3.05) is 27.0 Å². The summed E-state index contributed by atoms with van der Waals surface area (Å²) >= 11 is 4.74. The summed E-state index contributed by atoms with van der Waals surface area (Å²) in [7, 11) is 6.00. The molecule has 0 rings (SSSR count). The van der Waals surface area contributed by atoms with Crippen molar-refractivity contribution in [2.45, 2.75) is 0 Å². The van der Waals surface area contributed by atoms with Crippen molar-refractivity contribution in [3.8, 4) is 0 Å². The highest BCUT2D eigenvalue weighted by Gasteiger charge is 1.83. The Morgan fingerprint density at radius 2 is 1.67 bits per heavy atom. The van der Waals surface area contributed by atoms with Gasteiger partial charge in [0, 0.05) is 0 Å². The first kappa shape index (κ1) is 11.5. The van der Waals surface area contributed by atoms with Gasteiger partial charge in [0.15, 0.2) is 0 Å². The first-order chi connectivity index (χ1) is 4.00. The van der Waals surface area contributed by atoms with E-state index in [4.69, 9.17) is 16.7 Å². The number of alkyl halides is 1. The molecule has 0 aliphatic carbocycles. The van der Waals surface area contributed by atoms with Gasteiger partial charge in [-0.2, -0.15) is 0 Å². The lowest BCUT2D eigenvalue weighted by Crippen LogP contribution is -1.99. The standard InChI is InChI=1S/C3H9N.C2H3ClO2/c1-4(2)3;3-1-2(4)5/h1-3H3;1H2,(H,4,5). The van der Waals surface area contributed by atoms with Gasteiger partial charge < -0.3 is 10.0 Å². The lowest BCUT2D eigenvalue weighted by atomic mass is 10.8. The molecule has 0 heterocycles. The molecule has 0 spiro atoms. The van der Waals surface area contributed by atoms with E-state index in [0.29, 0.717) is 0 Å². The van der Waals surface area contributed by atoms with Crippen molar-refractivity contribution in [1.82, 2.24) is 4.90 Å².